The fourth-order valence-corrected chi connectivity index (χ4v) is 3.62. The van der Waals surface area contributed by atoms with E-state index < -0.39 is 10.0 Å². The van der Waals surface area contributed by atoms with E-state index in [1.165, 1.54) is 18.2 Å². The number of nitrogens with zero attached hydrogens (tertiary/aromatic N) is 2. The number of carbonyl (C=O) groups excluding carboxylic acids is 1. The highest BCUT2D eigenvalue weighted by molar-refractivity contribution is 7.89. The van der Waals surface area contributed by atoms with E-state index in [0.29, 0.717) is 13.1 Å². The van der Waals surface area contributed by atoms with Crippen LogP contribution in [0.15, 0.2) is 23.1 Å². The maximum Gasteiger partial charge on any atom is 0.242 e. The molecule has 1 aromatic rings. The summed E-state index contributed by atoms with van der Waals surface area (Å²) in [6.07, 6.45) is 1.89. The molecule has 0 saturated carbocycles. The van der Waals surface area contributed by atoms with Gasteiger partial charge in [-0.2, -0.15) is 5.26 Å². The van der Waals surface area contributed by atoms with Gasteiger partial charge in [-0.1, -0.05) is 11.6 Å². The van der Waals surface area contributed by atoms with Crippen molar-refractivity contribution in [1.29, 1.82) is 5.26 Å². The number of hydrogen-bond donors (Lipinski definition) is 1. The fourth-order valence-electron chi connectivity index (χ4n) is 2.10. The molecule has 6 nitrogen and oxygen atoms in total. The van der Waals surface area contributed by atoms with E-state index in [4.69, 9.17) is 16.9 Å². The van der Waals surface area contributed by atoms with Crippen LogP contribution >= 0.6 is 11.6 Å². The zero-order valence-electron chi connectivity index (χ0n) is 11.2. The van der Waals surface area contributed by atoms with Crippen LogP contribution in [0.3, 0.4) is 0 Å². The van der Waals surface area contributed by atoms with Crippen LogP contribution in [0.5, 0.6) is 0 Å². The molecule has 0 bridgehead atoms. The Morgan fingerprint density at radius 2 is 2.05 bits per heavy atom. The Labute approximate surface area is 128 Å². The number of benzene rings is 1. The fraction of sp³-hybridized carbons (Fsp3) is 0.385. The first-order valence-electron chi connectivity index (χ1n) is 6.41. The quantitative estimate of drug-likeness (QED) is 0.897. The maximum absolute atomic E-state index is 12.1. The highest BCUT2D eigenvalue weighted by Gasteiger charge is 2.22. The van der Waals surface area contributed by atoms with Gasteiger partial charge in [-0.05, 0) is 31.0 Å². The standard InChI is InChI=1S/C13H14ClN3O3S/c14-11-7-10(8-15)3-4-12(11)21(19,20)16-9-13(18)17-5-1-2-6-17/h3-4,7,16H,1-2,5-6,9H2. The summed E-state index contributed by atoms with van der Waals surface area (Å²) >= 11 is 5.87. The van der Waals surface area contributed by atoms with Crippen LogP contribution in [-0.4, -0.2) is 38.9 Å². The second-order valence-corrected chi connectivity index (χ2v) is 6.81. The van der Waals surface area contributed by atoms with Gasteiger partial charge in [0.05, 0.1) is 23.2 Å². The van der Waals surface area contributed by atoms with E-state index in [9.17, 15) is 13.2 Å². The van der Waals surface area contributed by atoms with E-state index in [0.717, 1.165) is 12.8 Å². The Hall–Kier alpha value is -1.62. The first kappa shape index (κ1) is 15.8. The molecule has 0 aliphatic carbocycles. The minimum Gasteiger partial charge on any atom is -0.342 e. The van der Waals surface area contributed by atoms with Crippen LogP contribution in [0, 0.1) is 11.3 Å². The van der Waals surface area contributed by atoms with Crippen LogP contribution in [0.1, 0.15) is 18.4 Å². The van der Waals surface area contributed by atoms with Crippen molar-refractivity contribution in [2.45, 2.75) is 17.7 Å². The van der Waals surface area contributed by atoms with Crippen molar-refractivity contribution in [2.75, 3.05) is 19.6 Å². The van der Waals surface area contributed by atoms with Gasteiger partial charge in [0.25, 0.3) is 0 Å². The normalized spacial score (nSPS) is 15.0. The molecule has 1 fully saturated rings. The molecule has 0 atom stereocenters. The molecule has 0 unspecified atom stereocenters. The zero-order chi connectivity index (χ0) is 15.5. The lowest BCUT2D eigenvalue weighted by molar-refractivity contribution is -0.128. The van der Waals surface area contributed by atoms with Crippen LogP contribution in [0.25, 0.3) is 0 Å². The highest BCUT2D eigenvalue weighted by atomic mass is 35.5. The van der Waals surface area contributed by atoms with Gasteiger partial charge in [-0.25, -0.2) is 13.1 Å². The Kier molecular flexibility index (Phi) is 4.83. The van der Waals surface area contributed by atoms with Gasteiger partial charge < -0.3 is 4.90 Å². The van der Waals surface area contributed by atoms with Crippen molar-refractivity contribution in [1.82, 2.24) is 9.62 Å². The van der Waals surface area contributed by atoms with Crippen LogP contribution in [0.2, 0.25) is 5.02 Å². The van der Waals surface area contributed by atoms with E-state index >= 15 is 0 Å². The Bertz CT molecular complexity index is 691. The predicted molar refractivity (Wildman–Crippen MR) is 77.2 cm³/mol. The predicted octanol–water partition coefficient (Wildman–Crippen LogP) is 1.11. The SMILES string of the molecule is N#Cc1ccc(S(=O)(=O)NCC(=O)N2CCCC2)c(Cl)c1. The molecule has 0 radical (unpaired) electrons. The van der Waals surface area contributed by atoms with Gasteiger partial charge in [0.1, 0.15) is 4.90 Å². The lowest BCUT2D eigenvalue weighted by atomic mass is 10.2. The second kappa shape index (κ2) is 6.43. The summed E-state index contributed by atoms with van der Waals surface area (Å²) in [5, 5.41) is 8.68. The van der Waals surface area contributed by atoms with Crippen molar-refractivity contribution in [3.8, 4) is 6.07 Å². The summed E-state index contributed by atoms with van der Waals surface area (Å²) < 4.78 is 26.5. The molecule has 1 heterocycles. The average molecular weight is 328 g/mol. The molecule has 0 spiro atoms. The molecule has 1 amide bonds. The van der Waals surface area contributed by atoms with Gasteiger partial charge in [-0.3, -0.25) is 4.79 Å². The molecule has 1 saturated heterocycles. The van der Waals surface area contributed by atoms with E-state index in [1.807, 2.05) is 6.07 Å². The molecule has 2 rings (SSSR count). The third-order valence-corrected chi connectivity index (χ3v) is 5.11. The first-order chi connectivity index (χ1) is 9.94. The summed E-state index contributed by atoms with van der Waals surface area (Å²) in [6.45, 7) is 1.04. The van der Waals surface area contributed by atoms with Crippen molar-refractivity contribution >= 4 is 27.5 Å². The molecule has 8 heteroatoms. The number of amides is 1. The number of nitrogens with one attached hydrogen (secondary N) is 1. The molecular formula is C13H14ClN3O3S. The maximum atomic E-state index is 12.1. The van der Waals surface area contributed by atoms with Gasteiger partial charge in [0.15, 0.2) is 0 Å². The van der Waals surface area contributed by atoms with Crippen molar-refractivity contribution in [3.63, 3.8) is 0 Å². The number of sulfonamides is 1. The van der Waals surface area contributed by atoms with E-state index in [1.54, 1.807) is 4.90 Å². The number of carbonyl (C=O) groups is 1. The van der Waals surface area contributed by atoms with Gasteiger partial charge in [0, 0.05) is 13.1 Å². The van der Waals surface area contributed by atoms with E-state index in [-0.39, 0.29) is 27.9 Å². The second-order valence-electron chi connectivity index (χ2n) is 4.67. The lowest BCUT2D eigenvalue weighted by Gasteiger charge is -2.15. The summed E-state index contributed by atoms with van der Waals surface area (Å²) in [5.41, 5.74) is 0.270. The first-order valence-corrected chi connectivity index (χ1v) is 8.27. The van der Waals surface area contributed by atoms with Gasteiger partial charge in [-0.15, -0.1) is 0 Å². The largest absolute Gasteiger partial charge is 0.342 e. The number of likely N-dealkylation sites (tertiary alicyclic amines) is 1. The minimum atomic E-state index is -3.88. The summed E-state index contributed by atoms with van der Waals surface area (Å²) in [7, 11) is -3.88. The lowest BCUT2D eigenvalue weighted by Crippen LogP contribution is -2.38. The molecule has 1 N–H and O–H groups in total. The third kappa shape index (κ3) is 3.73. The van der Waals surface area contributed by atoms with Crippen LogP contribution < -0.4 is 4.72 Å². The summed E-state index contributed by atoms with van der Waals surface area (Å²) in [5.74, 6) is -0.249. The highest BCUT2D eigenvalue weighted by Crippen LogP contribution is 2.22. The number of hydrogen-bond acceptors (Lipinski definition) is 4. The van der Waals surface area contributed by atoms with Gasteiger partial charge in [0.2, 0.25) is 15.9 Å². The van der Waals surface area contributed by atoms with Gasteiger partial charge >= 0.3 is 0 Å². The summed E-state index contributed by atoms with van der Waals surface area (Å²) in [4.78, 5) is 13.3. The third-order valence-electron chi connectivity index (χ3n) is 3.22. The molecule has 1 aromatic carbocycles. The smallest absolute Gasteiger partial charge is 0.242 e. The molecule has 21 heavy (non-hydrogen) atoms. The number of nitriles is 1. The number of halogens is 1. The molecular weight excluding hydrogens is 314 g/mol. The molecule has 0 aromatic heterocycles. The Balaban J connectivity index is 2.08. The van der Waals surface area contributed by atoms with E-state index in [2.05, 4.69) is 4.72 Å². The monoisotopic (exact) mass is 327 g/mol. The van der Waals surface area contributed by atoms with Crippen molar-refractivity contribution < 1.29 is 13.2 Å². The topological polar surface area (TPSA) is 90.3 Å². The number of rotatable bonds is 4. The van der Waals surface area contributed by atoms with Crippen molar-refractivity contribution in [2.24, 2.45) is 0 Å². The Morgan fingerprint density at radius 3 is 2.62 bits per heavy atom. The van der Waals surface area contributed by atoms with Crippen molar-refractivity contribution in [3.05, 3.63) is 28.8 Å². The average Bonchev–Trinajstić information content (AvgIpc) is 2.98. The minimum absolute atomic E-state index is 0.0461. The van der Waals surface area contributed by atoms with Crippen LogP contribution in [-0.2, 0) is 14.8 Å². The zero-order valence-corrected chi connectivity index (χ0v) is 12.7. The molecule has 1 aliphatic rings. The van der Waals surface area contributed by atoms with Crippen LogP contribution in [0.4, 0.5) is 0 Å². The Morgan fingerprint density at radius 1 is 1.38 bits per heavy atom. The molecule has 1 aliphatic heterocycles. The molecule has 112 valence electrons. The summed E-state index contributed by atoms with van der Waals surface area (Å²) in [6, 6.07) is 5.77.